The standard InChI is InChI=1S/C21H24NO2.BrH/c1-4-22(5-2,6-3)14-15-11-12-18-19(13-15)21(24)17-10-8-7-9-16(17)20(18)23;/h7-13H,4-6,14H2,1-3H3;1H/q+1;/p-1. The Labute approximate surface area is 160 Å². The number of benzene rings is 2. The molecule has 0 heterocycles. The van der Waals surface area contributed by atoms with Crippen LogP contribution in [-0.2, 0) is 6.54 Å². The molecule has 1 aliphatic carbocycles. The molecule has 0 fully saturated rings. The molecule has 2 aromatic rings. The minimum atomic E-state index is -0.0472. The van der Waals surface area contributed by atoms with Gasteiger partial charge in [-0.25, -0.2) is 0 Å². The zero-order valence-electron chi connectivity index (χ0n) is 15.0. The second kappa shape index (κ2) is 7.63. The molecular formula is C21H24BrNO2. The van der Waals surface area contributed by atoms with Crippen LogP contribution in [-0.4, -0.2) is 35.7 Å². The molecule has 0 saturated carbocycles. The number of halogens is 1. The van der Waals surface area contributed by atoms with E-state index in [9.17, 15) is 9.59 Å². The minimum absolute atomic E-state index is 0. The van der Waals surface area contributed by atoms with Crippen LogP contribution in [0.15, 0.2) is 42.5 Å². The molecule has 0 amide bonds. The van der Waals surface area contributed by atoms with E-state index in [2.05, 4.69) is 20.8 Å². The average molecular weight is 402 g/mol. The third kappa shape index (κ3) is 3.33. The lowest BCUT2D eigenvalue weighted by Crippen LogP contribution is -3.00. The Bertz CT molecular complexity index is 801. The van der Waals surface area contributed by atoms with Crippen LogP contribution in [0, 0.1) is 0 Å². The lowest BCUT2D eigenvalue weighted by molar-refractivity contribution is -0.936. The number of hydrogen-bond donors (Lipinski definition) is 0. The van der Waals surface area contributed by atoms with Crippen molar-refractivity contribution in [3.8, 4) is 0 Å². The first-order valence-electron chi connectivity index (χ1n) is 8.71. The average Bonchev–Trinajstić information content (AvgIpc) is 2.64. The second-order valence-electron chi connectivity index (χ2n) is 6.53. The number of carbonyl (C=O) groups is 2. The summed E-state index contributed by atoms with van der Waals surface area (Å²) in [4.78, 5) is 25.5. The molecule has 0 aromatic heterocycles. The Kier molecular flexibility index (Phi) is 5.96. The molecule has 0 aliphatic heterocycles. The maximum Gasteiger partial charge on any atom is 0.194 e. The fourth-order valence-electron chi connectivity index (χ4n) is 3.64. The van der Waals surface area contributed by atoms with E-state index in [1.54, 1.807) is 18.2 Å². The SMILES string of the molecule is CC[N+](CC)(CC)Cc1ccc2c(c1)C(=O)c1ccccc1C2=O.[Br-]. The molecule has 132 valence electrons. The van der Waals surface area contributed by atoms with E-state index in [1.165, 1.54) is 0 Å². The van der Waals surface area contributed by atoms with Crippen LogP contribution in [0.3, 0.4) is 0 Å². The fraction of sp³-hybridized carbons (Fsp3) is 0.333. The predicted octanol–water partition coefficient (Wildman–Crippen LogP) is 0.843. The summed E-state index contributed by atoms with van der Waals surface area (Å²) in [5.74, 6) is -0.0846. The van der Waals surface area contributed by atoms with Crippen molar-refractivity contribution in [2.75, 3.05) is 19.6 Å². The number of rotatable bonds is 5. The molecule has 1 aliphatic rings. The summed E-state index contributed by atoms with van der Waals surface area (Å²) in [7, 11) is 0. The van der Waals surface area contributed by atoms with Gasteiger partial charge in [-0.2, -0.15) is 0 Å². The molecule has 0 unspecified atom stereocenters. The van der Waals surface area contributed by atoms with Crippen molar-refractivity contribution in [3.63, 3.8) is 0 Å². The lowest BCUT2D eigenvalue weighted by Gasteiger charge is -2.36. The zero-order valence-corrected chi connectivity index (χ0v) is 16.6. The van der Waals surface area contributed by atoms with Crippen LogP contribution in [0.5, 0.6) is 0 Å². The van der Waals surface area contributed by atoms with E-state index in [-0.39, 0.29) is 28.5 Å². The number of fused-ring (bicyclic) bond motifs is 2. The smallest absolute Gasteiger partial charge is 0.194 e. The monoisotopic (exact) mass is 401 g/mol. The molecule has 0 atom stereocenters. The second-order valence-corrected chi connectivity index (χ2v) is 6.53. The summed E-state index contributed by atoms with van der Waals surface area (Å²) in [5, 5.41) is 0. The summed E-state index contributed by atoms with van der Waals surface area (Å²) in [5.41, 5.74) is 3.25. The van der Waals surface area contributed by atoms with Gasteiger partial charge in [0.15, 0.2) is 11.6 Å². The summed E-state index contributed by atoms with van der Waals surface area (Å²) in [6.45, 7) is 10.7. The molecule has 3 rings (SSSR count). The lowest BCUT2D eigenvalue weighted by atomic mass is 9.83. The molecule has 0 spiro atoms. The van der Waals surface area contributed by atoms with Gasteiger partial charge in [0.2, 0.25) is 0 Å². The van der Waals surface area contributed by atoms with Crippen LogP contribution in [0.25, 0.3) is 0 Å². The third-order valence-electron chi connectivity index (χ3n) is 5.52. The topological polar surface area (TPSA) is 34.1 Å². The Hall–Kier alpha value is -1.78. The van der Waals surface area contributed by atoms with Crippen molar-refractivity contribution in [1.29, 1.82) is 0 Å². The van der Waals surface area contributed by atoms with Crippen LogP contribution in [0.1, 0.15) is 58.2 Å². The zero-order chi connectivity index (χ0) is 17.3. The molecule has 0 N–H and O–H groups in total. The highest BCUT2D eigenvalue weighted by molar-refractivity contribution is 6.28. The van der Waals surface area contributed by atoms with Crippen molar-refractivity contribution < 1.29 is 31.1 Å². The highest BCUT2D eigenvalue weighted by atomic mass is 79.9. The highest BCUT2D eigenvalue weighted by Crippen LogP contribution is 2.28. The van der Waals surface area contributed by atoms with Gasteiger partial charge in [0.05, 0.1) is 19.6 Å². The maximum absolute atomic E-state index is 12.8. The predicted molar refractivity (Wildman–Crippen MR) is 95.3 cm³/mol. The first-order chi connectivity index (χ1) is 11.5. The maximum atomic E-state index is 12.8. The van der Waals surface area contributed by atoms with Gasteiger partial charge < -0.3 is 21.5 Å². The summed E-state index contributed by atoms with van der Waals surface area (Å²) >= 11 is 0. The van der Waals surface area contributed by atoms with Gasteiger partial charge >= 0.3 is 0 Å². The quantitative estimate of drug-likeness (QED) is 0.593. The number of hydrogen-bond acceptors (Lipinski definition) is 2. The first kappa shape index (κ1) is 19.5. The highest BCUT2D eigenvalue weighted by Gasteiger charge is 2.30. The number of carbonyl (C=O) groups excluding carboxylic acids is 2. The molecule has 0 saturated heterocycles. The van der Waals surface area contributed by atoms with Crippen LogP contribution in [0.4, 0.5) is 0 Å². The molecule has 2 aromatic carbocycles. The van der Waals surface area contributed by atoms with E-state index in [0.717, 1.165) is 36.2 Å². The van der Waals surface area contributed by atoms with Crippen molar-refractivity contribution in [2.45, 2.75) is 27.3 Å². The molecule has 25 heavy (non-hydrogen) atoms. The molecule has 3 nitrogen and oxygen atoms in total. The number of ketones is 2. The van der Waals surface area contributed by atoms with Crippen molar-refractivity contribution >= 4 is 11.6 Å². The van der Waals surface area contributed by atoms with Gasteiger partial charge in [-0.15, -0.1) is 0 Å². The molecule has 4 heteroatoms. The van der Waals surface area contributed by atoms with Gasteiger partial charge in [-0.1, -0.05) is 30.3 Å². The van der Waals surface area contributed by atoms with Crippen LogP contribution in [0.2, 0.25) is 0 Å². The van der Waals surface area contributed by atoms with Gasteiger partial charge in [-0.3, -0.25) is 9.59 Å². The summed E-state index contributed by atoms with van der Waals surface area (Å²) < 4.78 is 0.984. The van der Waals surface area contributed by atoms with E-state index in [1.807, 2.05) is 24.3 Å². The van der Waals surface area contributed by atoms with E-state index < -0.39 is 0 Å². The van der Waals surface area contributed by atoms with Crippen molar-refractivity contribution in [3.05, 3.63) is 70.3 Å². The molecule has 0 bridgehead atoms. The third-order valence-corrected chi connectivity index (χ3v) is 5.52. The Morgan fingerprint density at radius 2 is 1.20 bits per heavy atom. The number of nitrogens with zero attached hydrogens (tertiary/aromatic N) is 1. The van der Waals surface area contributed by atoms with Gasteiger partial charge in [0.25, 0.3) is 0 Å². The van der Waals surface area contributed by atoms with Crippen molar-refractivity contribution in [2.24, 2.45) is 0 Å². The molecular weight excluding hydrogens is 378 g/mol. The van der Waals surface area contributed by atoms with E-state index >= 15 is 0 Å². The Morgan fingerprint density at radius 3 is 1.72 bits per heavy atom. The van der Waals surface area contributed by atoms with Gasteiger partial charge in [0.1, 0.15) is 6.54 Å². The molecule has 0 radical (unpaired) electrons. The van der Waals surface area contributed by atoms with Crippen LogP contribution >= 0.6 is 0 Å². The van der Waals surface area contributed by atoms with Gasteiger partial charge in [-0.05, 0) is 32.9 Å². The summed E-state index contributed by atoms with van der Waals surface area (Å²) in [6.07, 6.45) is 0. The van der Waals surface area contributed by atoms with E-state index in [4.69, 9.17) is 0 Å². The first-order valence-corrected chi connectivity index (χ1v) is 8.71. The summed E-state index contributed by atoms with van der Waals surface area (Å²) in [6, 6.07) is 12.9. The minimum Gasteiger partial charge on any atom is -1.00 e. The largest absolute Gasteiger partial charge is 1.00 e. The Morgan fingerprint density at radius 1 is 0.720 bits per heavy atom. The fourth-order valence-corrected chi connectivity index (χ4v) is 3.64. The van der Waals surface area contributed by atoms with E-state index in [0.29, 0.717) is 22.3 Å². The van der Waals surface area contributed by atoms with Gasteiger partial charge in [0, 0.05) is 27.8 Å². The van der Waals surface area contributed by atoms with Crippen LogP contribution < -0.4 is 17.0 Å². The van der Waals surface area contributed by atoms with Crippen molar-refractivity contribution in [1.82, 2.24) is 0 Å². The number of quaternary nitrogens is 1. The Balaban J connectivity index is 0.00000225. The normalized spacial score (nSPS) is 13.1.